The van der Waals surface area contributed by atoms with Crippen molar-refractivity contribution in [1.29, 1.82) is 0 Å². The Kier molecular flexibility index (Phi) is 5.87. The van der Waals surface area contributed by atoms with E-state index in [1.165, 1.54) is 4.70 Å². The van der Waals surface area contributed by atoms with Crippen molar-refractivity contribution in [3.63, 3.8) is 0 Å². The monoisotopic (exact) mass is 341 g/mol. The number of amides is 1. The minimum Gasteiger partial charge on any atom is -0.356 e. The third-order valence-corrected chi connectivity index (χ3v) is 4.77. The van der Waals surface area contributed by atoms with Crippen LogP contribution in [0.1, 0.15) is 17.8 Å². The topological polar surface area (TPSA) is 88.2 Å². The van der Waals surface area contributed by atoms with Gasteiger partial charge in [-0.3, -0.25) is 4.79 Å². The van der Waals surface area contributed by atoms with E-state index in [2.05, 4.69) is 15.0 Å². The van der Waals surface area contributed by atoms with Gasteiger partial charge in [0, 0.05) is 25.9 Å². The molecule has 6 nitrogen and oxygen atoms in total. The largest absolute Gasteiger partial charge is 0.356 e. The summed E-state index contributed by atoms with van der Waals surface area (Å²) >= 11 is 1.67. The fraction of sp³-hybridized carbons (Fsp3) is 0.429. The van der Waals surface area contributed by atoms with Gasteiger partial charge in [-0.25, -0.2) is 18.1 Å². The standard InChI is InChI=1S/C14H19N3O3S2/c1-22(19,20)16-10-8-13(18)15-9-4-7-14-17-11-5-2-3-6-12(11)21-14/h2-3,5-6,16H,4,7-10H2,1H3,(H,15,18). The zero-order valence-corrected chi connectivity index (χ0v) is 14.0. The number of hydrogen-bond acceptors (Lipinski definition) is 5. The molecule has 22 heavy (non-hydrogen) atoms. The van der Waals surface area contributed by atoms with Gasteiger partial charge in [0.15, 0.2) is 0 Å². The second-order valence-corrected chi connectivity index (χ2v) is 7.89. The number of aryl methyl sites for hydroxylation is 1. The third-order valence-electron chi connectivity index (χ3n) is 2.94. The van der Waals surface area contributed by atoms with Crippen molar-refractivity contribution < 1.29 is 13.2 Å². The Labute approximate surface area is 134 Å². The smallest absolute Gasteiger partial charge is 0.221 e. The van der Waals surface area contributed by atoms with E-state index in [1.54, 1.807) is 11.3 Å². The van der Waals surface area contributed by atoms with Crippen LogP contribution in [0.3, 0.4) is 0 Å². The lowest BCUT2D eigenvalue weighted by atomic mass is 10.3. The van der Waals surface area contributed by atoms with Crippen molar-refractivity contribution in [1.82, 2.24) is 15.0 Å². The van der Waals surface area contributed by atoms with Crippen LogP contribution in [0, 0.1) is 0 Å². The summed E-state index contributed by atoms with van der Waals surface area (Å²) in [6.07, 6.45) is 2.85. The molecule has 0 aliphatic rings. The van der Waals surface area contributed by atoms with Crippen LogP contribution in [-0.4, -0.2) is 38.7 Å². The van der Waals surface area contributed by atoms with Crippen molar-refractivity contribution in [2.45, 2.75) is 19.3 Å². The van der Waals surface area contributed by atoms with Gasteiger partial charge in [-0.05, 0) is 18.6 Å². The van der Waals surface area contributed by atoms with Crippen molar-refractivity contribution in [2.24, 2.45) is 0 Å². The van der Waals surface area contributed by atoms with E-state index in [0.717, 1.165) is 29.6 Å². The highest BCUT2D eigenvalue weighted by Crippen LogP contribution is 2.22. The van der Waals surface area contributed by atoms with Crippen LogP contribution in [-0.2, 0) is 21.2 Å². The maximum absolute atomic E-state index is 11.5. The molecule has 0 aliphatic heterocycles. The maximum atomic E-state index is 11.5. The molecule has 0 unspecified atom stereocenters. The molecule has 1 aromatic carbocycles. The van der Waals surface area contributed by atoms with Gasteiger partial charge in [0.25, 0.3) is 0 Å². The second-order valence-electron chi connectivity index (χ2n) is 4.95. The normalized spacial score (nSPS) is 11.7. The van der Waals surface area contributed by atoms with E-state index >= 15 is 0 Å². The summed E-state index contributed by atoms with van der Waals surface area (Å²) in [5, 5.41) is 3.84. The van der Waals surface area contributed by atoms with Gasteiger partial charge in [-0.2, -0.15) is 0 Å². The first-order valence-corrected chi connectivity index (χ1v) is 9.70. The molecule has 1 aromatic heterocycles. The van der Waals surface area contributed by atoms with E-state index in [4.69, 9.17) is 0 Å². The molecule has 0 saturated heterocycles. The Balaban J connectivity index is 1.65. The van der Waals surface area contributed by atoms with E-state index in [9.17, 15) is 13.2 Å². The Bertz CT molecular complexity index is 708. The lowest BCUT2D eigenvalue weighted by Gasteiger charge is -2.04. The van der Waals surface area contributed by atoms with E-state index in [1.807, 2.05) is 24.3 Å². The highest BCUT2D eigenvalue weighted by Gasteiger charge is 2.05. The summed E-state index contributed by atoms with van der Waals surface area (Å²) in [6.45, 7) is 0.691. The number of sulfonamides is 1. The lowest BCUT2D eigenvalue weighted by Crippen LogP contribution is -2.30. The average Bonchev–Trinajstić information content (AvgIpc) is 2.85. The molecule has 120 valence electrons. The number of fused-ring (bicyclic) bond motifs is 1. The van der Waals surface area contributed by atoms with E-state index in [-0.39, 0.29) is 18.9 Å². The SMILES string of the molecule is CS(=O)(=O)NCCC(=O)NCCCc1nc2ccccc2s1. The van der Waals surface area contributed by atoms with Crippen LogP contribution < -0.4 is 10.0 Å². The Morgan fingerprint density at radius 3 is 2.77 bits per heavy atom. The van der Waals surface area contributed by atoms with Gasteiger partial charge >= 0.3 is 0 Å². The molecule has 0 aliphatic carbocycles. The molecule has 2 aromatic rings. The number of para-hydroxylation sites is 1. The van der Waals surface area contributed by atoms with Crippen molar-refractivity contribution in [3.05, 3.63) is 29.3 Å². The number of hydrogen-bond donors (Lipinski definition) is 2. The molecule has 0 spiro atoms. The Morgan fingerprint density at radius 2 is 2.05 bits per heavy atom. The van der Waals surface area contributed by atoms with Crippen LogP contribution in [0.4, 0.5) is 0 Å². The zero-order valence-electron chi connectivity index (χ0n) is 12.3. The first-order chi connectivity index (χ1) is 10.4. The maximum Gasteiger partial charge on any atom is 0.221 e. The fourth-order valence-corrected chi connectivity index (χ4v) is 3.41. The molecule has 0 radical (unpaired) electrons. The summed E-state index contributed by atoms with van der Waals surface area (Å²) in [5.41, 5.74) is 1.01. The van der Waals surface area contributed by atoms with Gasteiger partial charge < -0.3 is 5.32 Å². The summed E-state index contributed by atoms with van der Waals surface area (Å²) in [4.78, 5) is 16.1. The summed E-state index contributed by atoms with van der Waals surface area (Å²) in [6, 6.07) is 8.00. The predicted molar refractivity (Wildman–Crippen MR) is 88.4 cm³/mol. The summed E-state index contributed by atoms with van der Waals surface area (Å²) in [5.74, 6) is -0.152. The average molecular weight is 341 g/mol. The highest BCUT2D eigenvalue weighted by atomic mass is 32.2. The second kappa shape index (κ2) is 7.66. The van der Waals surface area contributed by atoms with Crippen LogP contribution in [0.5, 0.6) is 0 Å². The number of nitrogens with zero attached hydrogens (tertiary/aromatic N) is 1. The number of rotatable bonds is 8. The molecule has 0 fully saturated rings. The number of thiazole rings is 1. The molecular formula is C14H19N3O3S2. The zero-order chi connectivity index (χ0) is 16.0. The van der Waals surface area contributed by atoms with Gasteiger partial charge in [0.05, 0.1) is 21.5 Å². The molecule has 0 saturated carbocycles. The van der Waals surface area contributed by atoms with Gasteiger partial charge in [-0.1, -0.05) is 12.1 Å². The predicted octanol–water partition coefficient (Wildman–Crippen LogP) is 1.28. The molecule has 8 heteroatoms. The lowest BCUT2D eigenvalue weighted by molar-refractivity contribution is -0.120. The fourth-order valence-electron chi connectivity index (χ4n) is 1.93. The molecular weight excluding hydrogens is 322 g/mol. The third kappa shape index (κ3) is 5.70. The van der Waals surface area contributed by atoms with E-state index < -0.39 is 10.0 Å². The van der Waals surface area contributed by atoms with Crippen molar-refractivity contribution in [2.75, 3.05) is 19.3 Å². The Morgan fingerprint density at radius 1 is 1.27 bits per heavy atom. The minimum absolute atomic E-state index is 0.128. The van der Waals surface area contributed by atoms with Crippen LogP contribution in [0.15, 0.2) is 24.3 Å². The van der Waals surface area contributed by atoms with Crippen molar-refractivity contribution >= 4 is 37.5 Å². The Hall–Kier alpha value is -1.51. The first kappa shape index (κ1) is 16.9. The minimum atomic E-state index is -3.23. The van der Waals surface area contributed by atoms with Crippen LogP contribution in [0.2, 0.25) is 0 Å². The first-order valence-electron chi connectivity index (χ1n) is 7.00. The molecule has 1 amide bonds. The molecule has 0 bridgehead atoms. The van der Waals surface area contributed by atoms with Crippen LogP contribution in [0.25, 0.3) is 10.2 Å². The van der Waals surface area contributed by atoms with Gasteiger partial charge in [0.2, 0.25) is 15.9 Å². The number of benzene rings is 1. The number of nitrogens with one attached hydrogen (secondary N) is 2. The molecule has 2 rings (SSSR count). The number of carbonyl (C=O) groups excluding carboxylic acids is 1. The molecule has 0 atom stereocenters. The summed E-state index contributed by atoms with van der Waals surface area (Å²) < 4.78 is 25.2. The summed E-state index contributed by atoms with van der Waals surface area (Å²) in [7, 11) is -3.23. The molecule has 2 N–H and O–H groups in total. The van der Waals surface area contributed by atoms with Crippen LogP contribution >= 0.6 is 11.3 Å². The van der Waals surface area contributed by atoms with Gasteiger partial charge in [0.1, 0.15) is 0 Å². The quantitative estimate of drug-likeness (QED) is 0.708. The molecule has 1 heterocycles. The highest BCUT2D eigenvalue weighted by molar-refractivity contribution is 7.88. The van der Waals surface area contributed by atoms with Crippen molar-refractivity contribution in [3.8, 4) is 0 Å². The number of carbonyl (C=O) groups is 1. The van der Waals surface area contributed by atoms with E-state index in [0.29, 0.717) is 6.54 Å². The van der Waals surface area contributed by atoms with Gasteiger partial charge in [-0.15, -0.1) is 11.3 Å². The number of aromatic nitrogens is 1.